The molecule has 2 aromatic heterocycles. The van der Waals surface area contributed by atoms with Gasteiger partial charge in [-0.3, -0.25) is 9.59 Å². The number of pyridine rings is 1. The SMILES string of the molecule is CC1CCCCN1c1nc(CF)c(C(=O)Cc2ccc(N3CCC(C(=O)O)CC3)nc2)o1. The summed E-state index contributed by atoms with van der Waals surface area (Å²) < 4.78 is 19.3. The van der Waals surface area contributed by atoms with Gasteiger partial charge in [0.15, 0.2) is 5.76 Å². The second-order valence-corrected chi connectivity index (χ2v) is 8.67. The lowest BCUT2D eigenvalue weighted by atomic mass is 9.97. The van der Waals surface area contributed by atoms with E-state index in [0.717, 1.165) is 31.6 Å². The minimum atomic E-state index is -0.851. The van der Waals surface area contributed by atoms with Crippen molar-refractivity contribution in [3.05, 3.63) is 35.3 Å². The zero-order chi connectivity index (χ0) is 22.7. The van der Waals surface area contributed by atoms with Gasteiger partial charge in [0.1, 0.15) is 18.2 Å². The number of alkyl halides is 1. The van der Waals surface area contributed by atoms with Crippen LogP contribution in [0.25, 0.3) is 0 Å². The molecule has 1 unspecified atom stereocenters. The van der Waals surface area contributed by atoms with E-state index < -0.39 is 12.6 Å². The number of carbonyl (C=O) groups is 2. The third-order valence-corrected chi connectivity index (χ3v) is 6.46. The van der Waals surface area contributed by atoms with Crippen LogP contribution >= 0.6 is 0 Å². The van der Waals surface area contributed by atoms with Gasteiger partial charge in [0, 0.05) is 38.3 Å². The van der Waals surface area contributed by atoms with Gasteiger partial charge >= 0.3 is 5.97 Å². The summed E-state index contributed by atoms with van der Waals surface area (Å²) >= 11 is 0. The molecule has 172 valence electrons. The number of aliphatic carboxylic acids is 1. The number of ketones is 1. The fourth-order valence-electron chi connectivity index (χ4n) is 4.48. The summed E-state index contributed by atoms with van der Waals surface area (Å²) in [7, 11) is 0. The van der Waals surface area contributed by atoms with E-state index in [-0.39, 0.29) is 35.6 Å². The first-order valence-electron chi connectivity index (χ1n) is 11.2. The number of oxazole rings is 1. The van der Waals surface area contributed by atoms with Gasteiger partial charge in [-0.25, -0.2) is 9.37 Å². The van der Waals surface area contributed by atoms with E-state index in [1.807, 2.05) is 17.0 Å². The van der Waals surface area contributed by atoms with Crippen LogP contribution in [0.4, 0.5) is 16.2 Å². The molecule has 0 amide bonds. The lowest BCUT2D eigenvalue weighted by molar-refractivity contribution is -0.142. The van der Waals surface area contributed by atoms with Crippen LogP contribution in [0.2, 0.25) is 0 Å². The van der Waals surface area contributed by atoms with E-state index >= 15 is 0 Å². The first kappa shape index (κ1) is 22.2. The summed E-state index contributed by atoms with van der Waals surface area (Å²) in [6, 6.07) is 4.23. The zero-order valence-electron chi connectivity index (χ0n) is 18.3. The Morgan fingerprint density at radius 2 is 1.97 bits per heavy atom. The predicted molar refractivity (Wildman–Crippen MR) is 117 cm³/mol. The molecule has 0 radical (unpaired) electrons. The highest BCUT2D eigenvalue weighted by Gasteiger charge is 2.28. The van der Waals surface area contributed by atoms with Crippen LogP contribution in [0.5, 0.6) is 0 Å². The van der Waals surface area contributed by atoms with E-state index in [1.54, 1.807) is 6.20 Å². The number of aromatic nitrogens is 2. The van der Waals surface area contributed by atoms with Gasteiger partial charge in [0.25, 0.3) is 6.01 Å². The largest absolute Gasteiger partial charge is 0.481 e. The third kappa shape index (κ3) is 4.76. The average Bonchev–Trinajstić information content (AvgIpc) is 3.24. The van der Waals surface area contributed by atoms with Gasteiger partial charge in [0.05, 0.1) is 5.92 Å². The number of carbonyl (C=O) groups excluding carboxylic acids is 1. The van der Waals surface area contributed by atoms with E-state index in [1.165, 1.54) is 0 Å². The maximum absolute atomic E-state index is 13.6. The quantitative estimate of drug-likeness (QED) is 0.646. The molecule has 0 saturated carbocycles. The second-order valence-electron chi connectivity index (χ2n) is 8.67. The maximum atomic E-state index is 13.6. The molecule has 0 spiro atoms. The number of carboxylic acids is 1. The number of Topliss-reactive ketones (excluding diaryl/α,β-unsaturated/α-hetero) is 1. The van der Waals surface area contributed by atoms with Gasteiger partial charge in [-0.05, 0) is 50.7 Å². The minimum Gasteiger partial charge on any atom is -0.481 e. The van der Waals surface area contributed by atoms with Crippen molar-refractivity contribution in [3.63, 3.8) is 0 Å². The number of rotatable bonds is 7. The number of piperidine rings is 2. The van der Waals surface area contributed by atoms with Crippen LogP contribution in [0.15, 0.2) is 22.7 Å². The molecule has 0 aromatic carbocycles. The van der Waals surface area contributed by atoms with Crippen molar-refractivity contribution in [3.8, 4) is 0 Å². The van der Waals surface area contributed by atoms with Crippen LogP contribution in [-0.2, 0) is 17.9 Å². The smallest absolute Gasteiger partial charge is 0.306 e. The van der Waals surface area contributed by atoms with E-state index in [4.69, 9.17) is 9.52 Å². The summed E-state index contributed by atoms with van der Waals surface area (Å²) in [5.41, 5.74) is 0.752. The Labute approximate surface area is 186 Å². The van der Waals surface area contributed by atoms with Crippen LogP contribution < -0.4 is 9.80 Å². The molecule has 1 atom stereocenters. The zero-order valence-corrected chi connectivity index (χ0v) is 18.3. The number of hydrogen-bond acceptors (Lipinski definition) is 7. The number of nitrogens with zero attached hydrogens (tertiary/aromatic N) is 4. The van der Waals surface area contributed by atoms with Crippen molar-refractivity contribution < 1.29 is 23.5 Å². The van der Waals surface area contributed by atoms with Crippen LogP contribution in [0.1, 0.15) is 60.8 Å². The Hall–Kier alpha value is -2.97. The van der Waals surface area contributed by atoms with Gasteiger partial charge < -0.3 is 19.3 Å². The van der Waals surface area contributed by atoms with Crippen molar-refractivity contribution in [1.82, 2.24) is 9.97 Å². The first-order chi connectivity index (χ1) is 15.5. The number of carboxylic acid groups (broad SMARTS) is 1. The summed E-state index contributed by atoms with van der Waals surface area (Å²) in [5, 5.41) is 9.13. The Morgan fingerprint density at radius 1 is 1.19 bits per heavy atom. The number of anilines is 2. The molecule has 9 heteroatoms. The standard InChI is InChI=1S/C23H29FN4O4/c1-15-4-2-3-9-28(15)23-26-18(13-24)21(32-23)19(29)12-16-5-6-20(25-14-16)27-10-7-17(8-11-27)22(30)31/h5-6,14-15,17H,2-4,7-13H2,1H3,(H,30,31). The predicted octanol–water partition coefficient (Wildman–Crippen LogP) is 3.64. The van der Waals surface area contributed by atoms with Crippen LogP contribution in [0, 0.1) is 5.92 Å². The van der Waals surface area contributed by atoms with Gasteiger partial charge in [0.2, 0.25) is 5.78 Å². The van der Waals surface area contributed by atoms with Crippen molar-refractivity contribution >= 4 is 23.6 Å². The molecule has 4 heterocycles. The highest BCUT2D eigenvalue weighted by molar-refractivity contribution is 5.96. The lowest BCUT2D eigenvalue weighted by Crippen LogP contribution is -2.37. The summed E-state index contributed by atoms with van der Waals surface area (Å²) in [4.78, 5) is 36.7. The third-order valence-electron chi connectivity index (χ3n) is 6.46. The Morgan fingerprint density at radius 3 is 2.59 bits per heavy atom. The molecule has 2 aliphatic rings. The summed E-state index contributed by atoms with van der Waals surface area (Å²) in [6.45, 7) is 3.29. The van der Waals surface area contributed by atoms with Gasteiger partial charge in [-0.1, -0.05) is 6.07 Å². The van der Waals surface area contributed by atoms with Crippen LogP contribution in [-0.4, -0.2) is 52.5 Å². The van der Waals surface area contributed by atoms with Crippen molar-refractivity contribution in [2.75, 3.05) is 29.4 Å². The molecule has 2 aliphatic heterocycles. The summed E-state index contributed by atoms with van der Waals surface area (Å²) in [5.74, 6) is -0.620. The molecule has 0 bridgehead atoms. The van der Waals surface area contributed by atoms with E-state index in [9.17, 15) is 14.0 Å². The molecular formula is C23H29FN4O4. The van der Waals surface area contributed by atoms with Gasteiger partial charge in [-0.2, -0.15) is 4.98 Å². The molecule has 8 nitrogen and oxygen atoms in total. The van der Waals surface area contributed by atoms with Crippen LogP contribution in [0.3, 0.4) is 0 Å². The Kier molecular flexibility index (Phi) is 6.72. The normalized spacial score (nSPS) is 19.9. The molecule has 4 rings (SSSR count). The minimum absolute atomic E-state index is 0.0138. The molecule has 32 heavy (non-hydrogen) atoms. The fourth-order valence-corrected chi connectivity index (χ4v) is 4.48. The maximum Gasteiger partial charge on any atom is 0.306 e. The fraction of sp³-hybridized carbons (Fsp3) is 0.565. The number of halogens is 1. The highest BCUT2D eigenvalue weighted by Crippen LogP contribution is 2.28. The van der Waals surface area contributed by atoms with E-state index in [2.05, 4.69) is 21.8 Å². The average molecular weight is 445 g/mol. The van der Waals surface area contributed by atoms with Crippen molar-refractivity contribution in [2.45, 2.75) is 58.2 Å². The lowest BCUT2D eigenvalue weighted by Gasteiger charge is -2.31. The van der Waals surface area contributed by atoms with Crippen molar-refractivity contribution in [2.24, 2.45) is 5.92 Å². The highest BCUT2D eigenvalue weighted by atomic mass is 19.1. The molecule has 0 aliphatic carbocycles. The molecule has 1 N–H and O–H groups in total. The molecule has 2 saturated heterocycles. The van der Waals surface area contributed by atoms with Gasteiger partial charge in [-0.15, -0.1) is 0 Å². The Balaban J connectivity index is 1.41. The topological polar surface area (TPSA) is 99.8 Å². The molecular weight excluding hydrogens is 415 g/mol. The summed E-state index contributed by atoms with van der Waals surface area (Å²) in [6.07, 6.45) is 6.04. The second kappa shape index (κ2) is 9.67. The monoisotopic (exact) mass is 444 g/mol. The van der Waals surface area contributed by atoms with Crippen molar-refractivity contribution in [1.29, 1.82) is 0 Å². The molecule has 2 aromatic rings. The van der Waals surface area contributed by atoms with E-state index in [0.29, 0.717) is 37.5 Å². The first-order valence-corrected chi connectivity index (χ1v) is 11.2. The number of hydrogen-bond donors (Lipinski definition) is 1. The molecule has 2 fully saturated rings. The Bertz CT molecular complexity index is 953.